The fraction of sp³-hybridized carbons (Fsp3) is 0.588. The van der Waals surface area contributed by atoms with Gasteiger partial charge in [-0.1, -0.05) is 6.07 Å². The zero-order chi connectivity index (χ0) is 15.9. The Hall–Kier alpha value is -1.49. The molecule has 2 saturated carbocycles. The lowest BCUT2D eigenvalue weighted by atomic mass is 9.84. The topological polar surface area (TPSA) is 46.3 Å². The lowest BCUT2D eigenvalue weighted by Crippen LogP contribution is -2.47. The standard InChI is InChI=1S/C17H22F2N2O/c1-2-21(9-12-13(18)4-3-5-14(12)19)17(22)15-10-6-7-11(8-10)16(15)20/h3-5,10-11,15-16H,2,6-9,20H2,1H3. The molecule has 0 heterocycles. The third kappa shape index (κ3) is 2.51. The second-order valence-electron chi connectivity index (χ2n) is 6.49. The van der Waals surface area contributed by atoms with Gasteiger partial charge in [-0.2, -0.15) is 0 Å². The molecule has 1 aromatic rings. The van der Waals surface area contributed by atoms with Crippen LogP contribution in [0.4, 0.5) is 8.78 Å². The van der Waals surface area contributed by atoms with Crippen molar-refractivity contribution in [3.63, 3.8) is 0 Å². The highest BCUT2D eigenvalue weighted by molar-refractivity contribution is 5.80. The summed E-state index contributed by atoms with van der Waals surface area (Å²) in [6.45, 7) is 2.22. The Morgan fingerprint density at radius 1 is 1.27 bits per heavy atom. The first kappa shape index (κ1) is 15.4. The van der Waals surface area contributed by atoms with Gasteiger partial charge in [0.2, 0.25) is 5.91 Å². The first-order valence-electron chi connectivity index (χ1n) is 8.00. The van der Waals surface area contributed by atoms with Crippen LogP contribution in [0.25, 0.3) is 0 Å². The first-order chi connectivity index (χ1) is 10.5. The van der Waals surface area contributed by atoms with Gasteiger partial charge >= 0.3 is 0 Å². The van der Waals surface area contributed by atoms with Gasteiger partial charge in [-0.3, -0.25) is 4.79 Å². The first-order valence-corrected chi connectivity index (χ1v) is 8.00. The zero-order valence-corrected chi connectivity index (χ0v) is 12.8. The van der Waals surface area contributed by atoms with Gasteiger partial charge in [-0.25, -0.2) is 8.78 Å². The van der Waals surface area contributed by atoms with E-state index in [2.05, 4.69) is 0 Å². The van der Waals surface area contributed by atoms with Crippen molar-refractivity contribution >= 4 is 5.91 Å². The minimum absolute atomic E-state index is 0.0333. The molecule has 0 saturated heterocycles. The predicted molar refractivity (Wildman–Crippen MR) is 79.7 cm³/mol. The molecule has 2 aliphatic carbocycles. The monoisotopic (exact) mass is 308 g/mol. The van der Waals surface area contributed by atoms with Crippen molar-refractivity contribution < 1.29 is 13.6 Å². The van der Waals surface area contributed by atoms with E-state index >= 15 is 0 Å². The minimum atomic E-state index is -0.608. The Kier molecular flexibility index (Phi) is 4.17. The molecule has 1 aromatic carbocycles. The van der Waals surface area contributed by atoms with Gasteiger partial charge < -0.3 is 10.6 Å². The molecule has 120 valence electrons. The van der Waals surface area contributed by atoms with Crippen LogP contribution in [0.1, 0.15) is 31.7 Å². The van der Waals surface area contributed by atoms with Crippen LogP contribution < -0.4 is 5.73 Å². The molecule has 2 aliphatic rings. The second kappa shape index (κ2) is 5.95. The van der Waals surface area contributed by atoms with E-state index in [0.717, 1.165) is 19.3 Å². The third-order valence-electron chi connectivity index (χ3n) is 5.37. The van der Waals surface area contributed by atoms with E-state index in [1.165, 1.54) is 23.1 Å². The Labute approximate surface area is 129 Å². The summed E-state index contributed by atoms with van der Waals surface area (Å²) >= 11 is 0. The molecule has 22 heavy (non-hydrogen) atoms. The minimum Gasteiger partial charge on any atom is -0.338 e. The molecule has 2 fully saturated rings. The number of nitrogens with zero attached hydrogens (tertiary/aromatic N) is 1. The van der Waals surface area contributed by atoms with Crippen molar-refractivity contribution in [3.05, 3.63) is 35.4 Å². The van der Waals surface area contributed by atoms with Gasteiger partial charge in [0.1, 0.15) is 11.6 Å². The van der Waals surface area contributed by atoms with Crippen molar-refractivity contribution in [2.45, 2.75) is 38.8 Å². The number of fused-ring (bicyclic) bond motifs is 2. The van der Waals surface area contributed by atoms with Gasteiger partial charge in [0.15, 0.2) is 0 Å². The summed E-state index contributed by atoms with van der Waals surface area (Å²) in [4.78, 5) is 14.3. The number of carbonyl (C=O) groups is 1. The number of carbonyl (C=O) groups excluding carboxylic acids is 1. The van der Waals surface area contributed by atoms with Crippen LogP contribution in [-0.2, 0) is 11.3 Å². The van der Waals surface area contributed by atoms with Crippen molar-refractivity contribution in [2.24, 2.45) is 23.5 Å². The summed E-state index contributed by atoms with van der Waals surface area (Å²) in [5.74, 6) is -0.680. The van der Waals surface area contributed by atoms with E-state index < -0.39 is 11.6 Å². The largest absolute Gasteiger partial charge is 0.338 e. The van der Waals surface area contributed by atoms with Gasteiger partial charge in [-0.05, 0) is 50.2 Å². The Morgan fingerprint density at radius 2 is 1.91 bits per heavy atom. The van der Waals surface area contributed by atoms with Crippen molar-refractivity contribution in [1.82, 2.24) is 4.90 Å². The molecule has 0 aliphatic heterocycles. The van der Waals surface area contributed by atoms with E-state index in [1.54, 1.807) is 0 Å². The average Bonchev–Trinajstić information content (AvgIpc) is 3.07. The zero-order valence-electron chi connectivity index (χ0n) is 12.8. The van der Waals surface area contributed by atoms with E-state index in [0.29, 0.717) is 18.4 Å². The molecule has 3 rings (SSSR count). The average molecular weight is 308 g/mol. The number of rotatable bonds is 4. The van der Waals surface area contributed by atoms with Crippen LogP contribution in [0, 0.1) is 29.4 Å². The summed E-state index contributed by atoms with van der Waals surface area (Å²) < 4.78 is 27.6. The maximum absolute atomic E-state index is 13.8. The van der Waals surface area contributed by atoms with Crippen molar-refractivity contribution in [2.75, 3.05) is 6.54 Å². The SMILES string of the molecule is CCN(Cc1c(F)cccc1F)C(=O)C1C2CCC(C2)C1N. The molecule has 3 nitrogen and oxygen atoms in total. The van der Waals surface area contributed by atoms with Crippen molar-refractivity contribution in [3.8, 4) is 0 Å². The van der Waals surface area contributed by atoms with Crippen LogP contribution in [-0.4, -0.2) is 23.4 Å². The summed E-state index contributed by atoms with van der Waals surface area (Å²) in [7, 11) is 0. The highest BCUT2D eigenvalue weighted by atomic mass is 19.1. The highest BCUT2D eigenvalue weighted by Gasteiger charge is 2.50. The van der Waals surface area contributed by atoms with Gasteiger partial charge in [0.05, 0.1) is 12.5 Å². The van der Waals surface area contributed by atoms with Gasteiger partial charge in [0.25, 0.3) is 0 Å². The molecule has 2 bridgehead atoms. The molecule has 5 heteroatoms. The van der Waals surface area contributed by atoms with Crippen molar-refractivity contribution in [1.29, 1.82) is 0 Å². The number of amides is 1. The summed E-state index contributed by atoms with van der Waals surface area (Å²) in [6.07, 6.45) is 3.16. The summed E-state index contributed by atoms with van der Waals surface area (Å²) in [5.41, 5.74) is 6.17. The molecule has 4 unspecified atom stereocenters. The van der Waals surface area contributed by atoms with E-state index in [4.69, 9.17) is 5.73 Å². The van der Waals surface area contributed by atoms with Crippen LogP contribution >= 0.6 is 0 Å². The third-order valence-corrected chi connectivity index (χ3v) is 5.37. The lowest BCUT2D eigenvalue weighted by molar-refractivity contribution is -0.138. The van der Waals surface area contributed by atoms with Crippen LogP contribution in [0.3, 0.4) is 0 Å². The predicted octanol–water partition coefficient (Wildman–Crippen LogP) is 2.69. The number of halogens is 2. The fourth-order valence-electron chi connectivity index (χ4n) is 4.13. The normalized spacial score (nSPS) is 29.8. The summed E-state index contributed by atoms with van der Waals surface area (Å²) in [5, 5.41) is 0. The second-order valence-corrected chi connectivity index (χ2v) is 6.49. The number of benzene rings is 1. The lowest BCUT2D eigenvalue weighted by Gasteiger charge is -2.32. The highest BCUT2D eigenvalue weighted by Crippen LogP contribution is 2.48. The van der Waals surface area contributed by atoms with E-state index in [9.17, 15) is 13.6 Å². The molecule has 1 amide bonds. The van der Waals surface area contributed by atoms with Gasteiger partial charge in [-0.15, -0.1) is 0 Å². The Balaban J connectivity index is 1.78. The molecular formula is C17H22F2N2O. The Morgan fingerprint density at radius 3 is 2.45 bits per heavy atom. The molecule has 0 aromatic heterocycles. The number of hydrogen-bond acceptors (Lipinski definition) is 2. The quantitative estimate of drug-likeness (QED) is 0.929. The number of hydrogen-bond donors (Lipinski definition) is 1. The fourth-order valence-corrected chi connectivity index (χ4v) is 4.13. The number of nitrogens with two attached hydrogens (primary N) is 1. The molecule has 4 atom stereocenters. The van der Waals surface area contributed by atoms with E-state index in [-0.39, 0.29) is 30.0 Å². The van der Waals surface area contributed by atoms with Crippen LogP contribution in [0.2, 0.25) is 0 Å². The van der Waals surface area contributed by atoms with E-state index in [1.807, 2.05) is 6.92 Å². The maximum atomic E-state index is 13.8. The smallest absolute Gasteiger partial charge is 0.227 e. The molecular weight excluding hydrogens is 286 g/mol. The Bertz CT molecular complexity index is 556. The van der Waals surface area contributed by atoms with Crippen LogP contribution in [0.15, 0.2) is 18.2 Å². The van der Waals surface area contributed by atoms with Crippen LogP contribution in [0.5, 0.6) is 0 Å². The molecule has 2 N–H and O–H groups in total. The van der Waals surface area contributed by atoms with Gasteiger partial charge in [0, 0.05) is 18.2 Å². The molecule has 0 spiro atoms. The molecule has 0 radical (unpaired) electrons. The summed E-state index contributed by atoms with van der Waals surface area (Å²) in [6, 6.07) is 3.67. The maximum Gasteiger partial charge on any atom is 0.227 e.